The Bertz CT molecular complexity index is 580. The van der Waals surface area contributed by atoms with E-state index in [4.69, 9.17) is 16.7 Å². The van der Waals surface area contributed by atoms with Crippen molar-refractivity contribution in [1.29, 1.82) is 0 Å². The molecule has 0 aliphatic carbocycles. The first-order valence-electron chi connectivity index (χ1n) is 6.02. The van der Waals surface area contributed by atoms with Crippen molar-refractivity contribution in [1.82, 2.24) is 10.2 Å². The van der Waals surface area contributed by atoms with Crippen molar-refractivity contribution in [3.63, 3.8) is 0 Å². The number of aromatic nitrogens is 2. The lowest BCUT2D eigenvalue weighted by molar-refractivity contribution is -0.0778. The molecule has 0 bridgehead atoms. The molecule has 1 aromatic carbocycles. The van der Waals surface area contributed by atoms with Crippen molar-refractivity contribution in [2.75, 3.05) is 11.9 Å². The lowest BCUT2D eigenvalue weighted by Gasteiger charge is -2.19. The number of nitrogens with one attached hydrogen (secondary N) is 1. The lowest BCUT2D eigenvalue weighted by Crippen LogP contribution is -2.34. The van der Waals surface area contributed by atoms with E-state index >= 15 is 0 Å². The zero-order valence-corrected chi connectivity index (χ0v) is 12.3. The fraction of sp³-hybridized carbons (Fsp3) is 0.333. The summed E-state index contributed by atoms with van der Waals surface area (Å²) in [6.07, 6.45) is -4.41. The Balaban J connectivity index is 2.05. The number of aliphatic hydroxyl groups excluding tert-OH is 4. The highest BCUT2D eigenvalue weighted by atomic mass is 35.5. The second-order valence-electron chi connectivity index (χ2n) is 4.26. The number of nitrogens with zero attached hydrogens (tertiary/aromatic N) is 2. The van der Waals surface area contributed by atoms with Crippen LogP contribution in [-0.4, -0.2) is 49.4 Å². The minimum atomic E-state index is -1.54. The van der Waals surface area contributed by atoms with Crippen LogP contribution in [0.1, 0.15) is 11.1 Å². The number of anilines is 2. The smallest absolute Gasteiger partial charge is 0.210 e. The molecule has 0 aliphatic rings. The van der Waals surface area contributed by atoms with E-state index in [1.807, 2.05) is 0 Å². The first kappa shape index (κ1) is 16.1. The van der Waals surface area contributed by atoms with Crippen LogP contribution in [0.25, 0.3) is 0 Å². The maximum Gasteiger partial charge on any atom is 0.210 e. The van der Waals surface area contributed by atoms with Gasteiger partial charge in [-0.1, -0.05) is 22.9 Å². The zero-order chi connectivity index (χ0) is 15.4. The summed E-state index contributed by atoms with van der Waals surface area (Å²) in [6.45, 7) is -0.660. The highest BCUT2D eigenvalue weighted by molar-refractivity contribution is 7.15. The molecule has 0 fully saturated rings. The number of hydrogen-bond donors (Lipinski definition) is 5. The van der Waals surface area contributed by atoms with Crippen molar-refractivity contribution in [3.05, 3.63) is 34.3 Å². The topological polar surface area (TPSA) is 119 Å². The van der Waals surface area contributed by atoms with Crippen LogP contribution in [0, 0.1) is 0 Å². The Morgan fingerprint density at radius 2 is 1.81 bits per heavy atom. The molecule has 5 N–H and O–H groups in total. The summed E-state index contributed by atoms with van der Waals surface area (Å²) in [7, 11) is 0. The molecular formula is C12H14ClN3O4S. The van der Waals surface area contributed by atoms with Gasteiger partial charge in [-0.25, -0.2) is 0 Å². The van der Waals surface area contributed by atoms with E-state index in [0.717, 1.165) is 17.0 Å². The highest BCUT2D eigenvalue weighted by Gasteiger charge is 2.28. The van der Waals surface area contributed by atoms with Crippen molar-refractivity contribution < 1.29 is 20.4 Å². The van der Waals surface area contributed by atoms with E-state index in [9.17, 15) is 15.3 Å². The Morgan fingerprint density at radius 1 is 1.14 bits per heavy atom. The summed E-state index contributed by atoms with van der Waals surface area (Å²) in [6, 6.07) is 6.93. The molecule has 3 unspecified atom stereocenters. The number of aliphatic hydroxyl groups is 4. The number of rotatable bonds is 6. The van der Waals surface area contributed by atoms with Crippen molar-refractivity contribution >= 4 is 33.8 Å². The summed E-state index contributed by atoms with van der Waals surface area (Å²) in [4.78, 5) is 0. The van der Waals surface area contributed by atoms with Gasteiger partial charge in [-0.15, -0.1) is 10.2 Å². The SMILES string of the molecule is OCC(O)C(O)C(O)c1nnc(Nc2ccc(Cl)cc2)s1. The van der Waals surface area contributed by atoms with Gasteiger partial charge in [-0.2, -0.15) is 0 Å². The van der Waals surface area contributed by atoms with E-state index in [-0.39, 0.29) is 5.01 Å². The molecule has 2 rings (SSSR count). The van der Waals surface area contributed by atoms with Crippen LogP contribution in [0.15, 0.2) is 24.3 Å². The van der Waals surface area contributed by atoms with Crippen molar-refractivity contribution in [3.8, 4) is 0 Å². The monoisotopic (exact) mass is 331 g/mol. The molecule has 1 heterocycles. The molecule has 0 saturated carbocycles. The van der Waals surface area contributed by atoms with Gasteiger partial charge in [-0.05, 0) is 24.3 Å². The summed E-state index contributed by atoms with van der Waals surface area (Å²) < 4.78 is 0. The predicted molar refractivity (Wildman–Crippen MR) is 78.7 cm³/mol. The van der Waals surface area contributed by atoms with Gasteiger partial charge in [0, 0.05) is 10.7 Å². The second kappa shape index (κ2) is 7.12. The highest BCUT2D eigenvalue weighted by Crippen LogP contribution is 2.27. The minimum Gasteiger partial charge on any atom is -0.394 e. The van der Waals surface area contributed by atoms with Gasteiger partial charge in [0.1, 0.15) is 18.3 Å². The fourth-order valence-electron chi connectivity index (χ4n) is 1.53. The summed E-state index contributed by atoms with van der Waals surface area (Å²) in [5.74, 6) is 0. The maximum atomic E-state index is 9.85. The lowest BCUT2D eigenvalue weighted by atomic mass is 10.1. The molecule has 9 heteroatoms. The van der Waals surface area contributed by atoms with E-state index in [1.54, 1.807) is 24.3 Å². The molecule has 1 aromatic heterocycles. The number of halogens is 1. The molecule has 0 radical (unpaired) electrons. The summed E-state index contributed by atoms with van der Waals surface area (Å²) in [5, 5.41) is 49.2. The van der Waals surface area contributed by atoms with Gasteiger partial charge in [0.2, 0.25) is 5.13 Å². The summed E-state index contributed by atoms with van der Waals surface area (Å²) >= 11 is 6.81. The van der Waals surface area contributed by atoms with Gasteiger partial charge < -0.3 is 25.7 Å². The predicted octanol–water partition coefficient (Wildman–Crippen LogP) is 0.683. The normalized spacial score (nSPS) is 15.5. The quantitative estimate of drug-likeness (QED) is 0.528. The van der Waals surface area contributed by atoms with Crippen LogP contribution in [0.3, 0.4) is 0 Å². The van der Waals surface area contributed by atoms with E-state index in [1.165, 1.54) is 0 Å². The molecule has 2 aromatic rings. The molecule has 0 spiro atoms. The minimum absolute atomic E-state index is 0.131. The molecule has 0 aliphatic heterocycles. The largest absolute Gasteiger partial charge is 0.394 e. The van der Waals surface area contributed by atoms with Crippen LogP contribution in [0.5, 0.6) is 0 Å². The van der Waals surface area contributed by atoms with Gasteiger partial charge in [-0.3, -0.25) is 0 Å². The van der Waals surface area contributed by atoms with Crippen molar-refractivity contribution in [2.24, 2.45) is 0 Å². The van der Waals surface area contributed by atoms with Crippen LogP contribution in [0.2, 0.25) is 5.02 Å². The van der Waals surface area contributed by atoms with Gasteiger partial charge in [0.25, 0.3) is 0 Å². The zero-order valence-electron chi connectivity index (χ0n) is 10.7. The molecule has 0 amide bonds. The molecule has 114 valence electrons. The average Bonchev–Trinajstić information content (AvgIpc) is 2.95. The Labute approximate surface area is 129 Å². The molecule has 7 nitrogen and oxygen atoms in total. The van der Waals surface area contributed by atoms with E-state index in [0.29, 0.717) is 10.2 Å². The third-order valence-corrected chi connectivity index (χ3v) is 3.86. The molecule has 3 atom stereocenters. The van der Waals surface area contributed by atoms with Gasteiger partial charge >= 0.3 is 0 Å². The molecule has 21 heavy (non-hydrogen) atoms. The van der Waals surface area contributed by atoms with Gasteiger partial charge in [0.15, 0.2) is 5.01 Å². The summed E-state index contributed by atoms with van der Waals surface area (Å²) in [5.41, 5.74) is 0.743. The molecule has 0 saturated heterocycles. The van der Waals surface area contributed by atoms with Crippen LogP contribution in [-0.2, 0) is 0 Å². The Hall–Kier alpha value is -1.29. The third-order valence-electron chi connectivity index (χ3n) is 2.69. The van der Waals surface area contributed by atoms with Crippen molar-refractivity contribution in [2.45, 2.75) is 18.3 Å². The fourth-order valence-corrected chi connectivity index (χ4v) is 2.44. The number of benzene rings is 1. The third kappa shape index (κ3) is 4.10. The van der Waals surface area contributed by atoms with E-state index < -0.39 is 24.9 Å². The first-order valence-corrected chi connectivity index (χ1v) is 7.21. The second-order valence-corrected chi connectivity index (χ2v) is 5.71. The molecular weight excluding hydrogens is 318 g/mol. The standard InChI is InChI=1S/C12H14ClN3O4S/c13-6-1-3-7(4-2-6)14-12-16-15-11(21-12)10(20)9(19)8(18)5-17/h1-4,8-10,17-20H,5H2,(H,14,16). The Kier molecular flexibility index (Phi) is 5.45. The Morgan fingerprint density at radius 3 is 2.43 bits per heavy atom. The van der Waals surface area contributed by atoms with Crippen LogP contribution >= 0.6 is 22.9 Å². The van der Waals surface area contributed by atoms with Crippen LogP contribution < -0.4 is 5.32 Å². The first-order chi connectivity index (χ1) is 10.0. The van der Waals surface area contributed by atoms with Gasteiger partial charge in [0.05, 0.1) is 6.61 Å². The van der Waals surface area contributed by atoms with Crippen LogP contribution in [0.4, 0.5) is 10.8 Å². The average molecular weight is 332 g/mol. The number of hydrogen-bond acceptors (Lipinski definition) is 8. The maximum absolute atomic E-state index is 9.85. The van der Waals surface area contributed by atoms with E-state index in [2.05, 4.69) is 15.5 Å².